The highest BCUT2D eigenvalue weighted by molar-refractivity contribution is 9.10. The van der Waals surface area contributed by atoms with Crippen molar-refractivity contribution in [2.24, 2.45) is 0 Å². The van der Waals surface area contributed by atoms with Crippen molar-refractivity contribution in [3.05, 3.63) is 34.8 Å². The summed E-state index contributed by atoms with van der Waals surface area (Å²) in [4.78, 5) is 8.67. The van der Waals surface area contributed by atoms with E-state index >= 15 is 0 Å². The molecule has 0 amide bonds. The van der Waals surface area contributed by atoms with E-state index in [1.54, 1.807) is 17.8 Å². The van der Waals surface area contributed by atoms with Crippen LogP contribution in [0.4, 0.5) is 5.82 Å². The van der Waals surface area contributed by atoms with Gasteiger partial charge in [0.15, 0.2) is 5.16 Å². The summed E-state index contributed by atoms with van der Waals surface area (Å²) in [5, 5.41) is 0.727. The van der Waals surface area contributed by atoms with Crippen LogP contribution >= 0.6 is 27.7 Å². The Morgan fingerprint density at radius 1 is 1.24 bits per heavy atom. The molecule has 1 aromatic heterocycles. The number of nitrogen functional groups attached to an aromatic ring is 1. The lowest BCUT2D eigenvalue weighted by molar-refractivity contribution is 0.982. The first-order valence-electron chi connectivity index (χ1n) is 5.22. The van der Waals surface area contributed by atoms with Crippen LogP contribution in [0.5, 0.6) is 0 Å². The van der Waals surface area contributed by atoms with E-state index in [0.717, 1.165) is 26.6 Å². The zero-order valence-corrected chi connectivity index (χ0v) is 11.8. The summed E-state index contributed by atoms with van der Waals surface area (Å²) in [6.45, 7) is 2.07. The molecule has 2 N–H and O–H groups in total. The number of aromatic nitrogens is 2. The predicted octanol–water partition coefficient (Wildman–Crippen LogP) is 3.60. The summed E-state index contributed by atoms with van der Waals surface area (Å²) in [7, 11) is 0. The Labute approximate surface area is 113 Å². The molecule has 0 saturated carbocycles. The van der Waals surface area contributed by atoms with Gasteiger partial charge in [0.1, 0.15) is 5.82 Å². The number of nitrogens with zero attached hydrogens (tertiary/aromatic N) is 2. The van der Waals surface area contributed by atoms with Gasteiger partial charge in [-0.2, -0.15) is 0 Å². The molecule has 0 fully saturated rings. The third-order valence-electron chi connectivity index (χ3n) is 2.14. The van der Waals surface area contributed by atoms with Gasteiger partial charge >= 0.3 is 0 Å². The van der Waals surface area contributed by atoms with E-state index in [-0.39, 0.29) is 0 Å². The zero-order valence-electron chi connectivity index (χ0n) is 9.35. The van der Waals surface area contributed by atoms with Gasteiger partial charge in [-0.3, -0.25) is 0 Å². The smallest absolute Gasteiger partial charge is 0.190 e. The highest BCUT2D eigenvalue weighted by Gasteiger charge is 2.05. The van der Waals surface area contributed by atoms with Crippen molar-refractivity contribution < 1.29 is 0 Å². The van der Waals surface area contributed by atoms with Crippen molar-refractivity contribution in [1.82, 2.24) is 9.97 Å². The Bertz CT molecular complexity index is 514. The Morgan fingerprint density at radius 3 is 2.59 bits per heavy atom. The van der Waals surface area contributed by atoms with Gasteiger partial charge in [0.25, 0.3) is 0 Å². The van der Waals surface area contributed by atoms with Crippen LogP contribution in [0.25, 0.3) is 11.3 Å². The number of hydrogen-bond donors (Lipinski definition) is 1. The number of hydrogen-bond acceptors (Lipinski definition) is 4. The van der Waals surface area contributed by atoms with Crippen LogP contribution in [-0.2, 0) is 0 Å². The molecule has 17 heavy (non-hydrogen) atoms. The Balaban J connectivity index is 2.40. The molecule has 0 aliphatic carbocycles. The molecule has 0 radical (unpaired) electrons. The maximum Gasteiger partial charge on any atom is 0.190 e. The average Bonchev–Trinajstić information content (AvgIpc) is 2.29. The van der Waals surface area contributed by atoms with Gasteiger partial charge < -0.3 is 5.73 Å². The van der Waals surface area contributed by atoms with Crippen molar-refractivity contribution in [2.45, 2.75) is 12.1 Å². The van der Waals surface area contributed by atoms with Crippen molar-refractivity contribution in [3.63, 3.8) is 0 Å². The number of benzene rings is 1. The largest absolute Gasteiger partial charge is 0.384 e. The minimum atomic E-state index is 0.508. The van der Waals surface area contributed by atoms with E-state index < -0.39 is 0 Å². The summed E-state index contributed by atoms with van der Waals surface area (Å²) in [5.41, 5.74) is 7.69. The van der Waals surface area contributed by atoms with Gasteiger partial charge in [-0.15, -0.1) is 0 Å². The molecule has 2 rings (SSSR count). The lowest BCUT2D eigenvalue weighted by atomic mass is 10.1. The first-order valence-corrected chi connectivity index (χ1v) is 7.00. The number of nitrogens with two attached hydrogens (primary N) is 1. The Kier molecular flexibility index (Phi) is 4.02. The normalized spacial score (nSPS) is 10.5. The van der Waals surface area contributed by atoms with Gasteiger partial charge in [0, 0.05) is 16.1 Å². The molecule has 1 heterocycles. The molecule has 1 aromatic carbocycles. The monoisotopic (exact) mass is 309 g/mol. The molecule has 0 unspecified atom stereocenters. The predicted molar refractivity (Wildman–Crippen MR) is 76.0 cm³/mol. The van der Waals surface area contributed by atoms with E-state index in [1.165, 1.54) is 0 Å². The molecular formula is C12H12BrN3S. The molecule has 0 saturated heterocycles. The zero-order chi connectivity index (χ0) is 12.3. The molecule has 0 spiro atoms. The fraction of sp³-hybridized carbons (Fsp3) is 0.167. The fourth-order valence-electron chi connectivity index (χ4n) is 1.41. The first kappa shape index (κ1) is 12.4. The van der Waals surface area contributed by atoms with Gasteiger partial charge in [-0.1, -0.05) is 46.7 Å². The minimum Gasteiger partial charge on any atom is -0.384 e. The van der Waals surface area contributed by atoms with Crippen molar-refractivity contribution in [1.29, 1.82) is 0 Å². The molecule has 0 aliphatic heterocycles. The maximum absolute atomic E-state index is 5.78. The quantitative estimate of drug-likeness (QED) is 0.695. The SMILES string of the molecule is CCSc1nc(N)cc(-c2ccc(Br)cc2)n1. The minimum absolute atomic E-state index is 0.508. The van der Waals surface area contributed by atoms with E-state index in [2.05, 4.69) is 32.8 Å². The van der Waals surface area contributed by atoms with Crippen LogP contribution in [-0.4, -0.2) is 15.7 Å². The van der Waals surface area contributed by atoms with Crippen molar-refractivity contribution in [3.8, 4) is 11.3 Å². The van der Waals surface area contributed by atoms with Gasteiger partial charge in [0.05, 0.1) is 5.69 Å². The fourth-order valence-corrected chi connectivity index (χ4v) is 2.26. The lowest BCUT2D eigenvalue weighted by Gasteiger charge is -2.05. The molecule has 2 aromatic rings. The molecule has 0 aliphatic rings. The van der Waals surface area contributed by atoms with Crippen LogP contribution in [0.15, 0.2) is 40.0 Å². The number of halogens is 1. The van der Waals surface area contributed by atoms with Crippen LogP contribution < -0.4 is 5.73 Å². The van der Waals surface area contributed by atoms with Crippen LogP contribution in [0.1, 0.15) is 6.92 Å². The third-order valence-corrected chi connectivity index (χ3v) is 3.40. The second-order valence-electron chi connectivity index (χ2n) is 3.40. The second kappa shape index (κ2) is 5.51. The Morgan fingerprint density at radius 2 is 1.94 bits per heavy atom. The number of anilines is 1. The molecule has 0 bridgehead atoms. The summed E-state index contributed by atoms with van der Waals surface area (Å²) in [6.07, 6.45) is 0. The molecular weight excluding hydrogens is 298 g/mol. The molecule has 5 heteroatoms. The van der Waals surface area contributed by atoms with Crippen LogP contribution in [0, 0.1) is 0 Å². The van der Waals surface area contributed by atoms with E-state index in [0.29, 0.717) is 5.82 Å². The summed E-state index contributed by atoms with van der Waals surface area (Å²) >= 11 is 5.00. The third kappa shape index (κ3) is 3.20. The summed E-state index contributed by atoms with van der Waals surface area (Å²) in [5.74, 6) is 1.44. The molecule has 88 valence electrons. The maximum atomic E-state index is 5.78. The lowest BCUT2D eigenvalue weighted by Crippen LogP contribution is -1.97. The van der Waals surface area contributed by atoms with Gasteiger partial charge in [0.2, 0.25) is 0 Å². The van der Waals surface area contributed by atoms with E-state index in [9.17, 15) is 0 Å². The first-order chi connectivity index (χ1) is 8.19. The highest BCUT2D eigenvalue weighted by Crippen LogP contribution is 2.23. The Hall–Kier alpha value is -1.07. The van der Waals surface area contributed by atoms with E-state index in [1.807, 2.05) is 24.3 Å². The summed E-state index contributed by atoms with van der Waals surface area (Å²) < 4.78 is 1.05. The van der Waals surface area contributed by atoms with E-state index in [4.69, 9.17) is 5.73 Å². The van der Waals surface area contributed by atoms with Crippen molar-refractivity contribution >= 4 is 33.5 Å². The topological polar surface area (TPSA) is 51.8 Å². The number of thioether (sulfide) groups is 1. The average molecular weight is 310 g/mol. The van der Waals surface area contributed by atoms with Gasteiger partial charge in [-0.25, -0.2) is 9.97 Å². The van der Waals surface area contributed by atoms with Crippen LogP contribution in [0.3, 0.4) is 0 Å². The molecule has 3 nitrogen and oxygen atoms in total. The molecule has 0 atom stereocenters. The van der Waals surface area contributed by atoms with Gasteiger partial charge in [-0.05, 0) is 17.9 Å². The van der Waals surface area contributed by atoms with Crippen LogP contribution in [0.2, 0.25) is 0 Å². The van der Waals surface area contributed by atoms with Crippen molar-refractivity contribution in [2.75, 3.05) is 11.5 Å². The standard InChI is InChI=1S/C12H12BrN3S/c1-2-17-12-15-10(7-11(14)16-12)8-3-5-9(13)6-4-8/h3-7H,2H2,1H3,(H2,14,15,16). The highest BCUT2D eigenvalue weighted by atomic mass is 79.9. The summed E-state index contributed by atoms with van der Waals surface area (Å²) in [6, 6.07) is 9.78. The number of rotatable bonds is 3. The second-order valence-corrected chi connectivity index (χ2v) is 5.55.